The van der Waals surface area contributed by atoms with Crippen molar-refractivity contribution in [1.29, 1.82) is 0 Å². The van der Waals surface area contributed by atoms with Crippen LogP contribution in [0.2, 0.25) is 0 Å². The van der Waals surface area contributed by atoms with E-state index in [9.17, 15) is 4.79 Å². The highest BCUT2D eigenvalue weighted by molar-refractivity contribution is 5.93. The Bertz CT molecular complexity index is 697. The van der Waals surface area contributed by atoms with Crippen molar-refractivity contribution in [2.75, 3.05) is 13.7 Å². The molecule has 0 unspecified atom stereocenters. The molecule has 0 aliphatic heterocycles. The first-order valence-corrected chi connectivity index (χ1v) is 8.45. The van der Waals surface area contributed by atoms with Gasteiger partial charge >= 0.3 is 0 Å². The van der Waals surface area contributed by atoms with Crippen molar-refractivity contribution in [2.45, 2.75) is 26.8 Å². The highest BCUT2D eigenvalue weighted by atomic mass is 16.5. The average Bonchev–Trinajstić information content (AvgIpc) is 2.60. The maximum atomic E-state index is 11.2. The maximum absolute atomic E-state index is 11.2. The fraction of sp³-hybridized carbons (Fsp3) is 0.350. The molecular weight excluding hydrogens is 316 g/mol. The van der Waals surface area contributed by atoms with Gasteiger partial charge in [-0.1, -0.05) is 26.0 Å². The molecule has 2 rings (SSSR count). The molecule has 0 aromatic heterocycles. The Hall–Kier alpha value is -2.53. The first-order valence-electron chi connectivity index (χ1n) is 8.45. The number of carbonyl (C=O) groups is 1. The molecule has 2 aromatic rings. The van der Waals surface area contributed by atoms with Crippen LogP contribution in [0.3, 0.4) is 0 Å². The zero-order chi connectivity index (χ0) is 18.2. The maximum Gasteiger partial charge on any atom is 0.248 e. The second-order valence-electron chi connectivity index (χ2n) is 6.34. The first kappa shape index (κ1) is 18.8. The minimum Gasteiger partial charge on any atom is -0.493 e. The predicted octanol–water partition coefficient (Wildman–Crippen LogP) is 3.72. The van der Waals surface area contributed by atoms with Crippen molar-refractivity contribution in [3.8, 4) is 17.2 Å². The summed E-state index contributed by atoms with van der Waals surface area (Å²) in [5, 5.41) is 3.43. The van der Waals surface area contributed by atoms with Crippen molar-refractivity contribution in [3.63, 3.8) is 0 Å². The summed E-state index contributed by atoms with van der Waals surface area (Å²) in [6, 6.07) is 12.8. The van der Waals surface area contributed by atoms with Gasteiger partial charge in [-0.3, -0.25) is 4.79 Å². The Morgan fingerprint density at radius 3 is 2.44 bits per heavy atom. The molecule has 0 heterocycles. The number of rotatable bonds is 9. The van der Waals surface area contributed by atoms with E-state index in [-0.39, 0.29) is 0 Å². The quantitative estimate of drug-likeness (QED) is 0.681. The minimum atomic E-state index is -0.501. The molecule has 5 nitrogen and oxygen atoms in total. The fourth-order valence-corrected chi connectivity index (χ4v) is 2.33. The molecule has 3 N–H and O–H groups in total. The van der Waals surface area contributed by atoms with Crippen LogP contribution in [0.5, 0.6) is 17.2 Å². The van der Waals surface area contributed by atoms with Crippen molar-refractivity contribution >= 4 is 5.91 Å². The van der Waals surface area contributed by atoms with Crippen LogP contribution in [0.1, 0.15) is 36.2 Å². The second-order valence-corrected chi connectivity index (χ2v) is 6.34. The number of carbonyl (C=O) groups excluding carboxylic acids is 1. The van der Waals surface area contributed by atoms with Crippen LogP contribution in [0.25, 0.3) is 0 Å². The zero-order valence-electron chi connectivity index (χ0n) is 15.0. The van der Waals surface area contributed by atoms with Crippen molar-refractivity contribution in [1.82, 2.24) is 5.32 Å². The summed E-state index contributed by atoms with van der Waals surface area (Å²) in [7, 11) is 1.53. The van der Waals surface area contributed by atoms with Crippen LogP contribution in [0.4, 0.5) is 0 Å². The van der Waals surface area contributed by atoms with Crippen LogP contribution in [-0.4, -0.2) is 19.6 Å². The van der Waals surface area contributed by atoms with E-state index in [0.29, 0.717) is 28.7 Å². The molecule has 0 aliphatic rings. The van der Waals surface area contributed by atoms with Crippen LogP contribution < -0.4 is 20.5 Å². The number of primary amides is 1. The summed E-state index contributed by atoms with van der Waals surface area (Å²) in [6.45, 7) is 6.29. The molecule has 0 aliphatic carbocycles. The number of nitrogens with one attached hydrogen (secondary N) is 1. The molecule has 0 saturated heterocycles. The summed E-state index contributed by atoms with van der Waals surface area (Å²) in [4.78, 5) is 11.2. The second kappa shape index (κ2) is 9.08. The molecule has 1 amide bonds. The van der Waals surface area contributed by atoms with Crippen molar-refractivity contribution in [3.05, 3.63) is 53.6 Å². The number of methoxy groups -OCH3 is 1. The molecule has 0 spiro atoms. The molecular formula is C20H26N2O3. The summed E-state index contributed by atoms with van der Waals surface area (Å²) < 4.78 is 11.1. The number of hydrogen-bond donors (Lipinski definition) is 2. The van der Waals surface area contributed by atoms with E-state index in [2.05, 4.69) is 19.2 Å². The Labute approximate surface area is 149 Å². The Balaban J connectivity index is 1.98. The lowest BCUT2D eigenvalue weighted by Gasteiger charge is -2.12. The van der Waals surface area contributed by atoms with Gasteiger partial charge in [0.15, 0.2) is 11.5 Å². The Morgan fingerprint density at radius 1 is 1.12 bits per heavy atom. The normalized spacial score (nSPS) is 10.7. The largest absolute Gasteiger partial charge is 0.493 e. The van der Waals surface area contributed by atoms with E-state index in [1.807, 2.05) is 24.3 Å². The lowest BCUT2D eigenvalue weighted by molar-refractivity contribution is 0.1000. The van der Waals surface area contributed by atoms with Crippen LogP contribution in [0, 0.1) is 5.92 Å². The van der Waals surface area contributed by atoms with Gasteiger partial charge in [0, 0.05) is 12.1 Å². The van der Waals surface area contributed by atoms with Gasteiger partial charge in [-0.15, -0.1) is 0 Å². The first-order chi connectivity index (χ1) is 12.0. The predicted molar refractivity (Wildman–Crippen MR) is 99.2 cm³/mol. The molecule has 5 heteroatoms. The van der Waals surface area contributed by atoms with E-state index >= 15 is 0 Å². The summed E-state index contributed by atoms with van der Waals surface area (Å²) in [5.74, 6) is 1.92. The standard InChI is InChI=1S/C20H26N2O3/c1-14(2)10-11-22-13-15-4-7-17(8-5-15)25-18-9-6-16(20(21)23)12-19(18)24-3/h4-9,12,14,22H,10-11,13H2,1-3H3,(H2,21,23). The average molecular weight is 342 g/mol. The molecule has 134 valence electrons. The van der Waals surface area contributed by atoms with E-state index in [4.69, 9.17) is 15.2 Å². The van der Waals surface area contributed by atoms with Gasteiger partial charge in [0.2, 0.25) is 5.91 Å². The third-order valence-electron chi connectivity index (χ3n) is 3.83. The van der Waals surface area contributed by atoms with Gasteiger partial charge in [-0.2, -0.15) is 0 Å². The van der Waals surface area contributed by atoms with Gasteiger partial charge in [0.05, 0.1) is 7.11 Å². The topological polar surface area (TPSA) is 73.6 Å². The number of benzene rings is 2. The van der Waals surface area contributed by atoms with Gasteiger partial charge < -0.3 is 20.5 Å². The third-order valence-corrected chi connectivity index (χ3v) is 3.83. The van der Waals surface area contributed by atoms with Gasteiger partial charge in [0.1, 0.15) is 5.75 Å². The minimum absolute atomic E-state index is 0.381. The number of amides is 1. The smallest absolute Gasteiger partial charge is 0.248 e. The highest BCUT2D eigenvalue weighted by Crippen LogP contribution is 2.32. The van der Waals surface area contributed by atoms with E-state index in [1.54, 1.807) is 18.2 Å². The Kier molecular flexibility index (Phi) is 6.83. The molecule has 0 bridgehead atoms. The van der Waals surface area contributed by atoms with Crippen molar-refractivity contribution in [2.24, 2.45) is 11.7 Å². The zero-order valence-corrected chi connectivity index (χ0v) is 15.0. The highest BCUT2D eigenvalue weighted by Gasteiger charge is 2.09. The van der Waals surface area contributed by atoms with Gasteiger partial charge in [0.25, 0.3) is 0 Å². The van der Waals surface area contributed by atoms with E-state index < -0.39 is 5.91 Å². The lowest BCUT2D eigenvalue weighted by Crippen LogP contribution is -2.16. The van der Waals surface area contributed by atoms with E-state index in [1.165, 1.54) is 19.1 Å². The number of ether oxygens (including phenoxy) is 2. The fourth-order valence-electron chi connectivity index (χ4n) is 2.33. The van der Waals surface area contributed by atoms with Crippen LogP contribution in [-0.2, 0) is 6.54 Å². The van der Waals surface area contributed by atoms with Gasteiger partial charge in [-0.05, 0) is 54.8 Å². The molecule has 0 fully saturated rings. The molecule has 25 heavy (non-hydrogen) atoms. The summed E-state index contributed by atoms with van der Waals surface area (Å²) >= 11 is 0. The summed E-state index contributed by atoms with van der Waals surface area (Å²) in [6.07, 6.45) is 1.17. The molecule has 2 aromatic carbocycles. The monoisotopic (exact) mass is 342 g/mol. The van der Waals surface area contributed by atoms with Crippen molar-refractivity contribution < 1.29 is 14.3 Å². The molecule has 0 radical (unpaired) electrons. The SMILES string of the molecule is COc1cc(C(N)=O)ccc1Oc1ccc(CNCCC(C)C)cc1. The van der Waals surface area contributed by atoms with Crippen LogP contribution >= 0.6 is 0 Å². The molecule has 0 atom stereocenters. The number of hydrogen-bond acceptors (Lipinski definition) is 4. The summed E-state index contributed by atoms with van der Waals surface area (Å²) in [5.41, 5.74) is 6.86. The van der Waals surface area contributed by atoms with Crippen LogP contribution in [0.15, 0.2) is 42.5 Å². The van der Waals surface area contributed by atoms with E-state index in [0.717, 1.165) is 13.1 Å². The Morgan fingerprint density at radius 2 is 1.84 bits per heavy atom. The van der Waals surface area contributed by atoms with Gasteiger partial charge in [-0.25, -0.2) is 0 Å². The molecule has 0 saturated carbocycles. The number of nitrogens with two attached hydrogens (primary N) is 1. The third kappa shape index (κ3) is 5.80. The lowest BCUT2D eigenvalue weighted by atomic mass is 10.1.